The van der Waals surface area contributed by atoms with Crippen LogP contribution in [0.3, 0.4) is 0 Å². The number of aromatic nitrogens is 2. The highest BCUT2D eigenvalue weighted by Crippen LogP contribution is 2.25. The molecule has 0 bridgehead atoms. The third-order valence-electron chi connectivity index (χ3n) is 3.73. The molecule has 2 N–H and O–H groups in total. The van der Waals surface area contributed by atoms with E-state index in [-0.39, 0.29) is 11.3 Å². The molecule has 20 heavy (non-hydrogen) atoms. The van der Waals surface area contributed by atoms with Crippen LogP contribution in [0.25, 0.3) is 0 Å². The van der Waals surface area contributed by atoms with Gasteiger partial charge in [0.25, 0.3) is 0 Å². The lowest BCUT2D eigenvalue weighted by atomic mass is 9.86. The van der Waals surface area contributed by atoms with Crippen molar-refractivity contribution in [3.8, 4) is 0 Å². The Balaban J connectivity index is 1.79. The second-order valence-corrected chi connectivity index (χ2v) is 6.52. The van der Waals surface area contributed by atoms with E-state index in [1.807, 2.05) is 20.8 Å². The van der Waals surface area contributed by atoms with Crippen LogP contribution < -0.4 is 5.32 Å². The van der Waals surface area contributed by atoms with Crippen molar-refractivity contribution in [3.63, 3.8) is 0 Å². The third-order valence-corrected chi connectivity index (χ3v) is 3.73. The van der Waals surface area contributed by atoms with Gasteiger partial charge in [-0.15, -0.1) is 10.2 Å². The fourth-order valence-electron chi connectivity index (χ4n) is 2.40. The molecule has 1 aliphatic rings. The molecule has 6 nitrogen and oxygen atoms in total. The number of hydrogen-bond donors (Lipinski definition) is 2. The molecular formula is C14H23N3O3. The summed E-state index contributed by atoms with van der Waals surface area (Å²) in [5, 5.41) is 20.4. The van der Waals surface area contributed by atoms with Crippen molar-refractivity contribution in [2.75, 3.05) is 0 Å². The fourth-order valence-corrected chi connectivity index (χ4v) is 2.40. The smallest absolute Gasteiger partial charge is 0.306 e. The van der Waals surface area contributed by atoms with Crippen LogP contribution >= 0.6 is 0 Å². The van der Waals surface area contributed by atoms with Gasteiger partial charge in [-0.25, -0.2) is 0 Å². The zero-order valence-electron chi connectivity index (χ0n) is 12.3. The van der Waals surface area contributed by atoms with Crippen molar-refractivity contribution >= 4 is 5.97 Å². The zero-order valence-corrected chi connectivity index (χ0v) is 12.3. The highest BCUT2D eigenvalue weighted by Gasteiger charge is 2.26. The highest BCUT2D eigenvalue weighted by atomic mass is 16.4. The van der Waals surface area contributed by atoms with Crippen LogP contribution in [0.15, 0.2) is 4.42 Å². The standard InChI is InChI=1S/C14H23N3O3/c1-14(2,3)13-17-16-11(20-13)8-15-10-6-4-9(5-7-10)12(18)19/h9-10,15H,4-8H2,1-3H3,(H,18,19). The van der Waals surface area contributed by atoms with Gasteiger partial charge >= 0.3 is 5.97 Å². The van der Waals surface area contributed by atoms with Gasteiger partial charge in [0.1, 0.15) is 0 Å². The predicted molar refractivity (Wildman–Crippen MR) is 73.2 cm³/mol. The van der Waals surface area contributed by atoms with Crippen LogP contribution in [0.5, 0.6) is 0 Å². The summed E-state index contributed by atoms with van der Waals surface area (Å²) in [7, 11) is 0. The third kappa shape index (κ3) is 3.79. The van der Waals surface area contributed by atoms with Gasteiger partial charge in [-0.1, -0.05) is 20.8 Å². The number of carbonyl (C=O) groups is 1. The Kier molecular flexibility index (Phi) is 4.42. The van der Waals surface area contributed by atoms with Gasteiger partial charge in [-0.2, -0.15) is 0 Å². The molecule has 0 saturated heterocycles. The van der Waals surface area contributed by atoms with Gasteiger partial charge in [0, 0.05) is 11.5 Å². The lowest BCUT2D eigenvalue weighted by Gasteiger charge is -2.26. The van der Waals surface area contributed by atoms with Crippen molar-refractivity contribution in [1.82, 2.24) is 15.5 Å². The van der Waals surface area contributed by atoms with Crippen LogP contribution in [0.4, 0.5) is 0 Å². The van der Waals surface area contributed by atoms with Crippen LogP contribution in [0.1, 0.15) is 58.2 Å². The summed E-state index contributed by atoms with van der Waals surface area (Å²) in [5.41, 5.74) is -0.134. The molecule has 1 aromatic rings. The first-order valence-corrected chi connectivity index (χ1v) is 7.15. The van der Waals surface area contributed by atoms with Crippen molar-refractivity contribution in [2.24, 2.45) is 5.92 Å². The van der Waals surface area contributed by atoms with Crippen LogP contribution in [0, 0.1) is 5.92 Å². The Morgan fingerprint density at radius 1 is 1.30 bits per heavy atom. The van der Waals surface area contributed by atoms with Gasteiger partial charge in [-0.3, -0.25) is 4.79 Å². The Bertz CT molecular complexity index is 456. The van der Waals surface area contributed by atoms with E-state index in [0.717, 1.165) is 25.7 Å². The Morgan fingerprint density at radius 3 is 2.45 bits per heavy atom. The number of nitrogens with zero attached hydrogens (tertiary/aromatic N) is 2. The van der Waals surface area contributed by atoms with Crippen LogP contribution in [-0.4, -0.2) is 27.3 Å². The zero-order chi connectivity index (χ0) is 14.8. The summed E-state index contributed by atoms with van der Waals surface area (Å²) < 4.78 is 5.62. The van der Waals surface area contributed by atoms with E-state index in [0.29, 0.717) is 24.4 Å². The predicted octanol–water partition coefficient (Wildman–Crippen LogP) is 2.10. The molecular weight excluding hydrogens is 258 g/mol. The summed E-state index contributed by atoms with van der Waals surface area (Å²) in [4.78, 5) is 10.9. The molecule has 0 amide bonds. The maximum atomic E-state index is 10.9. The summed E-state index contributed by atoms with van der Waals surface area (Å²) in [6.07, 6.45) is 3.25. The van der Waals surface area contributed by atoms with E-state index in [1.54, 1.807) is 0 Å². The maximum absolute atomic E-state index is 10.9. The van der Waals surface area contributed by atoms with Gasteiger partial charge in [-0.05, 0) is 25.7 Å². The molecule has 0 spiro atoms. The first kappa shape index (κ1) is 15.0. The molecule has 0 radical (unpaired) electrons. The molecule has 1 aliphatic carbocycles. The molecule has 2 rings (SSSR count). The minimum atomic E-state index is -0.671. The fraction of sp³-hybridized carbons (Fsp3) is 0.786. The van der Waals surface area contributed by atoms with Gasteiger partial charge in [0.15, 0.2) is 0 Å². The van der Waals surface area contributed by atoms with Crippen LogP contribution in [-0.2, 0) is 16.8 Å². The Morgan fingerprint density at radius 2 is 1.95 bits per heavy atom. The second kappa shape index (κ2) is 5.91. The van der Waals surface area contributed by atoms with E-state index in [2.05, 4.69) is 15.5 Å². The van der Waals surface area contributed by atoms with Crippen molar-refractivity contribution < 1.29 is 14.3 Å². The maximum Gasteiger partial charge on any atom is 0.306 e. The quantitative estimate of drug-likeness (QED) is 0.878. The summed E-state index contributed by atoms with van der Waals surface area (Å²) >= 11 is 0. The summed E-state index contributed by atoms with van der Waals surface area (Å²) in [5.74, 6) is 0.387. The van der Waals surface area contributed by atoms with E-state index in [4.69, 9.17) is 9.52 Å². The van der Waals surface area contributed by atoms with Gasteiger partial charge in [0.2, 0.25) is 11.8 Å². The molecule has 1 aromatic heterocycles. The SMILES string of the molecule is CC(C)(C)c1nnc(CNC2CCC(C(=O)O)CC2)o1. The largest absolute Gasteiger partial charge is 0.481 e. The average Bonchev–Trinajstić information content (AvgIpc) is 2.85. The van der Waals surface area contributed by atoms with E-state index in [1.165, 1.54) is 0 Å². The topological polar surface area (TPSA) is 88.2 Å². The summed E-state index contributed by atoms with van der Waals surface area (Å²) in [6.45, 7) is 6.65. The van der Waals surface area contributed by atoms with Gasteiger partial charge in [0.05, 0.1) is 12.5 Å². The molecule has 6 heteroatoms. The van der Waals surface area contributed by atoms with E-state index < -0.39 is 5.97 Å². The highest BCUT2D eigenvalue weighted by molar-refractivity contribution is 5.70. The number of nitrogens with one attached hydrogen (secondary N) is 1. The molecule has 0 aliphatic heterocycles. The van der Waals surface area contributed by atoms with Gasteiger partial charge < -0.3 is 14.8 Å². The van der Waals surface area contributed by atoms with Crippen molar-refractivity contribution in [2.45, 2.75) is 64.5 Å². The molecule has 0 unspecified atom stereocenters. The molecule has 0 atom stereocenters. The molecule has 1 fully saturated rings. The molecule has 1 heterocycles. The Labute approximate surface area is 119 Å². The van der Waals surface area contributed by atoms with Crippen molar-refractivity contribution in [3.05, 3.63) is 11.8 Å². The molecule has 112 valence electrons. The van der Waals surface area contributed by atoms with E-state index >= 15 is 0 Å². The number of carboxylic acid groups (broad SMARTS) is 1. The van der Waals surface area contributed by atoms with E-state index in [9.17, 15) is 4.79 Å². The number of hydrogen-bond acceptors (Lipinski definition) is 5. The average molecular weight is 281 g/mol. The molecule has 0 aromatic carbocycles. The van der Waals surface area contributed by atoms with Crippen LogP contribution in [0.2, 0.25) is 0 Å². The Hall–Kier alpha value is -1.43. The lowest BCUT2D eigenvalue weighted by Crippen LogP contribution is -2.34. The lowest BCUT2D eigenvalue weighted by molar-refractivity contribution is -0.142. The summed E-state index contributed by atoms with van der Waals surface area (Å²) in [6, 6.07) is 0.343. The number of carboxylic acids is 1. The number of aliphatic carboxylic acids is 1. The number of rotatable bonds is 4. The first-order valence-electron chi connectivity index (χ1n) is 7.15. The first-order chi connectivity index (χ1) is 9.36. The van der Waals surface area contributed by atoms with Crippen molar-refractivity contribution in [1.29, 1.82) is 0 Å². The second-order valence-electron chi connectivity index (χ2n) is 6.52. The minimum Gasteiger partial charge on any atom is -0.481 e. The molecule has 1 saturated carbocycles. The normalized spacial score (nSPS) is 23.8. The minimum absolute atomic E-state index is 0.134. The monoisotopic (exact) mass is 281 g/mol.